The first-order valence-corrected chi connectivity index (χ1v) is 9.09. The number of carbonyl (C=O) groups excluding carboxylic acids is 1. The van der Waals surface area contributed by atoms with Crippen molar-refractivity contribution in [1.82, 2.24) is 9.97 Å². The van der Waals surface area contributed by atoms with Gasteiger partial charge in [-0.25, -0.2) is 9.97 Å². The Morgan fingerprint density at radius 1 is 1.00 bits per heavy atom. The highest BCUT2D eigenvalue weighted by atomic mass is 16.7. The number of carbonyl (C=O) groups is 1. The van der Waals surface area contributed by atoms with Crippen LogP contribution in [0, 0.1) is 0 Å². The van der Waals surface area contributed by atoms with Gasteiger partial charge in [-0.05, 0) is 30.5 Å². The van der Waals surface area contributed by atoms with Gasteiger partial charge in [-0.15, -0.1) is 0 Å². The number of hydrogen-bond donors (Lipinski definition) is 2. The Morgan fingerprint density at radius 3 is 2.61 bits per heavy atom. The number of hydrogen-bond acceptors (Lipinski definition) is 6. The number of fused-ring (bicyclic) bond motifs is 1. The van der Waals surface area contributed by atoms with Crippen molar-refractivity contribution in [2.75, 3.05) is 24.0 Å². The van der Waals surface area contributed by atoms with Crippen LogP contribution in [0.3, 0.4) is 0 Å². The molecule has 0 radical (unpaired) electrons. The lowest BCUT2D eigenvalue weighted by molar-refractivity contribution is 0.102. The molecule has 0 unspecified atom stereocenters. The van der Waals surface area contributed by atoms with Crippen LogP contribution in [-0.4, -0.2) is 29.2 Å². The minimum atomic E-state index is -0.283. The molecule has 0 fully saturated rings. The van der Waals surface area contributed by atoms with Crippen molar-refractivity contribution < 1.29 is 14.3 Å². The van der Waals surface area contributed by atoms with Gasteiger partial charge in [0.2, 0.25) is 12.7 Å². The van der Waals surface area contributed by atoms with Gasteiger partial charge in [0.25, 0.3) is 5.91 Å². The molecule has 0 spiro atoms. The lowest BCUT2D eigenvalue weighted by Gasteiger charge is -2.07. The SMILES string of the molecule is O=C(Nc1ccc2c(c1)OCO2)c1cnc(NCCCc2ccccc2)nc1. The van der Waals surface area contributed by atoms with Crippen molar-refractivity contribution in [3.05, 3.63) is 72.1 Å². The third-order valence-corrected chi connectivity index (χ3v) is 4.31. The van der Waals surface area contributed by atoms with Crippen molar-refractivity contribution in [3.8, 4) is 11.5 Å². The molecule has 1 amide bonds. The lowest BCUT2D eigenvalue weighted by Crippen LogP contribution is -2.13. The van der Waals surface area contributed by atoms with Crippen LogP contribution >= 0.6 is 0 Å². The number of aryl methyl sites for hydroxylation is 1. The first kappa shape index (κ1) is 17.8. The van der Waals surface area contributed by atoms with Crippen LogP contribution in [0.25, 0.3) is 0 Å². The summed E-state index contributed by atoms with van der Waals surface area (Å²) < 4.78 is 10.6. The van der Waals surface area contributed by atoms with E-state index in [-0.39, 0.29) is 12.7 Å². The third kappa shape index (κ3) is 4.37. The second-order valence-electron chi connectivity index (χ2n) is 6.33. The Balaban J connectivity index is 1.27. The van der Waals surface area contributed by atoms with E-state index in [2.05, 4.69) is 32.7 Å². The Bertz CT molecular complexity index is 946. The molecule has 1 aliphatic heterocycles. The van der Waals surface area contributed by atoms with E-state index in [9.17, 15) is 4.79 Å². The molecule has 0 aliphatic carbocycles. The maximum atomic E-state index is 12.4. The number of nitrogens with zero attached hydrogens (tertiary/aromatic N) is 2. The van der Waals surface area contributed by atoms with Crippen molar-refractivity contribution in [3.63, 3.8) is 0 Å². The summed E-state index contributed by atoms with van der Waals surface area (Å²) in [5, 5.41) is 5.98. The average molecular weight is 376 g/mol. The number of ether oxygens (including phenoxy) is 2. The van der Waals surface area contributed by atoms with E-state index < -0.39 is 0 Å². The first-order chi connectivity index (χ1) is 13.8. The summed E-state index contributed by atoms with van der Waals surface area (Å²) >= 11 is 0. The maximum absolute atomic E-state index is 12.4. The second kappa shape index (κ2) is 8.39. The molecular weight excluding hydrogens is 356 g/mol. The Labute approximate surface area is 162 Å². The molecule has 3 aromatic rings. The zero-order valence-corrected chi connectivity index (χ0v) is 15.2. The van der Waals surface area contributed by atoms with E-state index in [0.717, 1.165) is 19.4 Å². The van der Waals surface area contributed by atoms with Gasteiger partial charge in [-0.3, -0.25) is 4.79 Å². The minimum absolute atomic E-state index is 0.195. The zero-order valence-electron chi connectivity index (χ0n) is 15.2. The molecule has 7 heteroatoms. The summed E-state index contributed by atoms with van der Waals surface area (Å²) in [7, 11) is 0. The molecule has 0 bridgehead atoms. The number of anilines is 2. The average Bonchev–Trinajstić information content (AvgIpc) is 3.20. The van der Waals surface area contributed by atoms with Crippen molar-refractivity contribution in [1.29, 1.82) is 0 Å². The quantitative estimate of drug-likeness (QED) is 0.614. The Kier molecular flexibility index (Phi) is 5.33. The van der Waals surface area contributed by atoms with E-state index in [1.807, 2.05) is 18.2 Å². The summed E-state index contributed by atoms with van der Waals surface area (Å²) in [5.41, 5.74) is 2.31. The molecule has 0 saturated carbocycles. The fourth-order valence-electron chi connectivity index (χ4n) is 2.85. The summed E-state index contributed by atoms with van der Waals surface area (Å²) in [6.45, 7) is 0.956. The van der Waals surface area contributed by atoms with Crippen LogP contribution in [0.4, 0.5) is 11.6 Å². The molecule has 142 valence electrons. The van der Waals surface area contributed by atoms with Crippen LogP contribution in [0.1, 0.15) is 22.3 Å². The van der Waals surface area contributed by atoms with Crippen LogP contribution in [0.5, 0.6) is 11.5 Å². The fourth-order valence-corrected chi connectivity index (χ4v) is 2.85. The number of benzene rings is 2. The predicted molar refractivity (Wildman–Crippen MR) is 106 cm³/mol. The van der Waals surface area contributed by atoms with Gasteiger partial charge >= 0.3 is 0 Å². The highest BCUT2D eigenvalue weighted by molar-refractivity contribution is 6.04. The van der Waals surface area contributed by atoms with Gasteiger partial charge in [0.15, 0.2) is 11.5 Å². The van der Waals surface area contributed by atoms with Crippen LogP contribution in [0.15, 0.2) is 60.9 Å². The first-order valence-electron chi connectivity index (χ1n) is 9.09. The molecular formula is C21H20N4O3. The highest BCUT2D eigenvalue weighted by Crippen LogP contribution is 2.34. The van der Waals surface area contributed by atoms with E-state index in [1.165, 1.54) is 18.0 Å². The molecule has 0 saturated heterocycles. The van der Waals surface area contributed by atoms with Crippen molar-refractivity contribution in [2.45, 2.75) is 12.8 Å². The molecule has 1 aliphatic rings. The highest BCUT2D eigenvalue weighted by Gasteiger charge is 2.15. The van der Waals surface area contributed by atoms with Crippen LogP contribution in [-0.2, 0) is 6.42 Å². The standard InChI is InChI=1S/C21H20N4O3/c26-20(25-17-8-9-18-19(11-17)28-14-27-18)16-12-23-21(24-13-16)22-10-4-7-15-5-2-1-3-6-15/h1-3,5-6,8-9,11-13H,4,7,10,14H2,(H,25,26)(H,22,23,24). The fraction of sp³-hybridized carbons (Fsp3) is 0.190. The lowest BCUT2D eigenvalue weighted by atomic mass is 10.1. The smallest absolute Gasteiger partial charge is 0.258 e. The summed E-state index contributed by atoms with van der Waals surface area (Å²) in [4.78, 5) is 20.8. The normalized spacial score (nSPS) is 11.9. The largest absolute Gasteiger partial charge is 0.454 e. The number of aromatic nitrogens is 2. The van der Waals surface area contributed by atoms with Gasteiger partial charge in [0.1, 0.15) is 0 Å². The Hall–Kier alpha value is -3.61. The van der Waals surface area contributed by atoms with Gasteiger partial charge in [0, 0.05) is 30.7 Å². The monoisotopic (exact) mass is 376 g/mol. The summed E-state index contributed by atoms with van der Waals surface area (Å²) in [6, 6.07) is 15.6. The van der Waals surface area contributed by atoms with E-state index in [4.69, 9.17) is 9.47 Å². The van der Waals surface area contributed by atoms with Gasteiger partial charge in [0.05, 0.1) is 5.56 Å². The molecule has 7 nitrogen and oxygen atoms in total. The molecule has 2 aromatic carbocycles. The van der Waals surface area contributed by atoms with E-state index in [0.29, 0.717) is 28.7 Å². The zero-order chi connectivity index (χ0) is 19.2. The minimum Gasteiger partial charge on any atom is -0.454 e. The molecule has 1 aromatic heterocycles. The van der Waals surface area contributed by atoms with Crippen molar-refractivity contribution in [2.24, 2.45) is 0 Å². The van der Waals surface area contributed by atoms with Crippen molar-refractivity contribution >= 4 is 17.5 Å². The molecule has 0 atom stereocenters. The van der Waals surface area contributed by atoms with Crippen LogP contribution in [0.2, 0.25) is 0 Å². The van der Waals surface area contributed by atoms with Gasteiger partial charge in [-0.1, -0.05) is 30.3 Å². The number of rotatable bonds is 7. The number of nitrogens with one attached hydrogen (secondary N) is 2. The molecule has 28 heavy (non-hydrogen) atoms. The van der Waals surface area contributed by atoms with Gasteiger partial charge in [-0.2, -0.15) is 0 Å². The number of amides is 1. The molecule has 2 heterocycles. The van der Waals surface area contributed by atoms with Gasteiger partial charge < -0.3 is 20.1 Å². The second-order valence-corrected chi connectivity index (χ2v) is 6.33. The van der Waals surface area contributed by atoms with E-state index >= 15 is 0 Å². The summed E-state index contributed by atoms with van der Waals surface area (Å²) in [5.74, 6) is 1.51. The third-order valence-electron chi connectivity index (χ3n) is 4.31. The topological polar surface area (TPSA) is 85.4 Å². The van der Waals surface area contributed by atoms with Crippen LogP contribution < -0.4 is 20.1 Å². The molecule has 4 rings (SSSR count). The predicted octanol–water partition coefficient (Wildman–Crippen LogP) is 3.50. The molecule has 2 N–H and O–H groups in total. The van der Waals surface area contributed by atoms with E-state index in [1.54, 1.807) is 18.2 Å². The maximum Gasteiger partial charge on any atom is 0.258 e. The summed E-state index contributed by atoms with van der Waals surface area (Å²) in [6.07, 6.45) is 4.98. The Morgan fingerprint density at radius 2 is 1.79 bits per heavy atom.